The molecule has 0 unspecified atom stereocenters. The number of nitrogens with one attached hydrogen (secondary N) is 2. The van der Waals surface area contributed by atoms with Crippen LogP contribution in [0.5, 0.6) is 0 Å². The van der Waals surface area contributed by atoms with Gasteiger partial charge in [0.05, 0.1) is 29.0 Å². The summed E-state index contributed by atoms with van der Waals surface area (Å²) in [4.78, 5) is 8.73. The highest BCUT2D eigenvalue weighted by Gasteiger charge is 2.17. The predicted octanol–water partition coefficient (Wildman–Crippen LogP) is 3.51. The quantitative estimate of drug-likeness (QED) is 0.696. The number of hydrogen-bond donors (Lipinski definition) is 2. The van der Waals surface area contributed by atoms with Gasteiger partial charge >= 0.3 is 0 Å². The predicted molar refractivity (Wildman–Crippen MR) is 103 cm³/mol. The smallest absolute Gasteiger partial charge is 0.262 e. The molecule has 0 fully saturated rings. The molecule has 6 nitrogen and oxygen atoms in total. The normalized spacial score (nSPS) is 11.2. The third-order valence-corrected chi connectivity index (χ3v) is 5.35. The Morgan fingerprint density at radius 2 is 1.85 bits per heavy atom. The molecule has 0 saturated heterocycles. The summed E-state index contributed by atoms with van der Waals surface area (Å²) in [5.41, 5.74) is 3.04. The zero-order valence-electron chi connectivity index (χ0n) is 14.6. The third kappa shape index (κ3) is 4.37. The Morgan fingerprint density at radius 3 is 2.50 bits per heavy atom. The molecule has 0 bridgehead atoms. The zero-order valence-corrected chi connectivity index (χ0v) is 15.4. The number of benzene rings is 1. The van der Waals surface area contributed by atoms with Crippen LogP contribution in [-0.2, 0) is 16.6 Å². The average molecular weight is 368 g/mol. The Kier molecular flexibility index (Phi) is 5.18. The minimum atomic E-state index is -3.65. The van der Waals surface area contributed by atoms with E-state index in [0.29, 0.717) is 23.6 Å². The summed E-state index contributed by atoms with van der Waals surface area (Å²) < 4.78 is 27.7. The van der Waals surface area contributed by atoms with Gasteiger partial charge < -0.3 is 5.32 Å². The van der Waals surface area contributed by atoms with E-state index in [1.54, 1.807) is 37.4 Å². The van der Waals surface area contributed by atoms with E-state index < -0.39 is 10.0 Å². The molecule has 0 radical (unpaired) electrons. The second-order valence-electron chi connectivity index (χ2n) is 5.98. The van der Waals surface area contributed by atoms with Gasteiger partial charge in [-0.15, -0.1) is 0 Å². The van der Waals surface area contributed by atoms with Gasteiger partial charge in [-0.05, 0) is 49.7 Å². The van der Waals surface area contributed by atoms with Crippen LogP contribution in [0.3, 0.4) is 0 Å². The summed E-state index contributed by atoms with van der Waals surface area (Å²) in [6, 6.07) is 14.3. The van der Waals surface area contributed by atoms with E-state index in [1.165, 1.54) is 6.20 Å². The minimum Gasteiger partial charge on any atom is -0.364 e. The Morgan fingerprint density at radius 1 is 1.00 bits per heavy atom. The van der Waals surface area contributed by atoms with Crippen LogP contribution in [0.2, 0.25) is 0 Å². The molecule has 1 aromatic carbocycles. The van der Waals surface area contributed by atoms with Crippen molar-refractivity contribution in [3.63, 3.8) is 0 Å². The number of pyridine rings is 2. The molecule has 0 amide bonds. The number of rotatable bonds is 6. The maximum absolute atomic E-state index is 12.6. The van der Waals surface area contributed by atoms with Crippen molar-refractivity contribution < 1.29 is 8.42 Å². The Labute approximate surface area is 153 Å². The van der Waals surface area contributed by atoms with E-state index in [9.17, 15) is 8.42 Å². The first-order chi connectivity index (χ1) is 12.4. The van der Waals surface area contributed by atoms with Gasteiger partial charge in [-0.2, -0.15) is 0 Å². The van der Waals surface area contributed by atoms with Gasteiger partial charge in [0.15, 0.2) is 0 Å². The van der Waals surface area contributed by atoms with Crippen molar-refractivity contribution in [2.45, 2.75) is 25.3 Å². The zero-order chi connectivity index (χ0) is 18.6. The molecule has 0 aliphatic heterocycles. The largest absolute Gasteiger partial charge is 0.364 e. The lowest BCUT2D eigenvalue weighted by Crippen LogP contribution is -2.14. The molecular formula is C19H20N4O2S. The van der Waals surface area contributed by atoms with E-state index in [0.717, 1.165) is 11.3 Å². The van der Waals surface area contributed by atoms with Gasteiger partial charge in [-0.25, -0.2) is 13.4 Å². The molecule has 134 valence electrons. The molecule has 0 spiro atoms. The van der Waals surface area contributed by atoms with Gasteiger partial charge in [-0.1, -0.05) is 23.8 Å². The van der Waals surface area contributed by atoms with Crippen molar-refractivity contribution in [1.29, 1.82) is 0 Å². The highest BCUT2D eigenvalue weighted by molar-refractivity contribution is 7.92. The molecule has 2 heterocycles. The van der Waals surface area contributed by atoms with Crippen molar-refractivity contribution in [1.82, 2.24) is 9.97 Å². The topological polar surface area (TPSA) is 84.0 Å². The molecule has 26 heavy (non-hydrogen) atoms. The second kappa shape index (κ2) is 7.53. The molecule has 0 atom stereocenters. The lowest BCUT2D eigenvalue weighted by molar-refractivity contribution is 0.600. The van der Waals surface area contributed by atoms with E-state index in [1.807, 2.05) is 31.2 Å². The highest BCUT2D eigenvalue weighted by atomic mass is 32.2. The second-order valence-corrected chi connectivity index (χ2v) is 7.63. The molecule has 3 aromatic rings. The van der Waals surface area contributed by atoms with E-state index in [4.69, 9.17) is 0 Å². The number of nitrogens with zero attached hydrogens (tertiary/aromatic N) is 2. The van der Waals surface area contributed by atoms with Crippen molar-refractivity contribution >= 4 is 21.5 Å². The fraction of sp³-hybridized carbons (Fsp3) is 0.158. The van der Waals surface area contributed by atoms with Crippen LogP contribution in [0.1, 0.15) is 16.8 Å². The lowest BCUT2D eigenvalue weighted by atomic mass is 10.2. The molecule has 2 N–H and O–H groups in total. The lowest BCUT2D eigenvalue weighted by Gasteiger charge is -2.11. The molecule has 0 aliphatic carbocycles. The molecule has 2 aromatic heterocycles. The molecule has 0 aliphatic rings. The summed E-state index contributed by atoms with van der Waals surface area (Å²) in [6.45, 7) is 4.25. The summed E-state index contributed by atoms with van der Waals surface area (Å²) in [6.07, 6.45) is 3.22. The fourth-order valence-electron chi connectivity index (χ4n) is 2.55. The fourth-order valence-corrected chi connectivity index (χ4v) is 3.82. The summed E-state index contributed by atoms with van der Waals surface area (Å²) in [7, 11) is -3.65. The number of anilines is 2. The molecule has 0 saturated carbocycles. The summed E-state index contributed by atoms with van der Waals surface area (Å²) in [5.74, 6) is 0.644. The number of hydrogen-bond acceptors (Lipinski definition) is 5. The van der Waals surface area contributed by atoms with Crippen LogP contribution in [0.25, 0.3) is 0 Å². The minimum absolute atomic E-state index is 0.264. The first kappa shape index (κ1) is 17.9. The van der Waals surface area contributed by atoms with E-state index in [2.05, 4.69) is 20.0 Å². The Balaban J connectivity index is 1.68. The maximum atomic E-state index is 12.6. The van der Waals surface area contributed by atoms with Crippen molar-refractivity contribution in [3.05, 3.63) is 77.7 Å². The van der Waals surface area contributed by atoms with Crippen molar-refractivity contribution in [2.24, 2.45) is 0 Å². The van der Waals surface area contributed by atoms with Crippen LogP contribution >= 0.6 is 0 Å². The van der Waals surface area contributed by atoms with Crippen LogP contribution in [0.15, 0.2) is 65.8 Å². The van der Waals surface area contributed by atoms with Gasteiger partial charge in [0, 0.05) is 6.20 Å². The number of sulfonamides is 1. The summed E-state index contributed by atoms with van der Waals surface area (Å²) >= 11 is 0. The monoisotopic (exact) mass is 368 g/mol. The van der Waals surface area contributed by atoms with Gasteiger partial charge in [0.25, 0.3) is 10.0 Å². The van der Waals surface area contributed by atoms with Gasteiger partial charge in [-0.3, -0.25) is 9.71 Å². The van der Waals surface area contributed by atoms with Crippen LogP contribution in [0.4, 0.5) is 11.5 Å². The Hall–Kier alpha value is -2.93. The first-order valence-corrected chi connectivity index (χ1v) is 9.62. The van der Waals surface area contributed by atoms with Crippen LogP contribution in [0, 0.1) is 13.8 Å². The molecule has 3 rings (SSSR count). The van der Waals surface area contributed by atoms with Crippen molar-refractivity contribution in [2.75, 3.05) is 10.0 Å². The van der Waals surface area contributed by atoms with Crippen molar-refractivity contribution in [3.8, 4) is 0 Å². The third-order valence-electron chi connectivity index (χ3n) is 3.81. The SMILES string of the molecule is Cc1ccc(S(=O)(=O)Nc2ccc(NCc3ccccn3)nc2)c(C)c1. The number of aryl methyl sites for hydroxylation is 2. The van der Waals surface area contributed by atoms with E-state index in [-0.39, 0.29) is 4.90 Å². The molecular weight excluding hydrogens is 348 g/mol. The maximum Gasteiger partial charge on any atom is 0.262 e. The van der Waals surface area contributed by atoms with Gasteiger partial charge in [0.2, 0.25) is 0 Å². The van der Waals surface area contributed by atoms with E-state index >= 15 is 0 Å². The van der Waals surface area contributed by atoms with Gasteiger partial charge in [0.1, 0.15) is 5.82 Å². The molecule has 7 heteroatoms. The number of aromatic nitrogens is 2. The highest BCUT2D eigenvalue weighted by Crippen LogP contribution is 2.20. The first-order valence-electron chi connectivity index (χ1n) is 8.14. The standard InChI is InChI=1S/C19H20N4O2S/c1-14-6-8-18(15(2)11-14)26(24,25)23-17-7-9-19(22-13-17)21-12-16-5-3-4-10-20-16/h3-11,13,23H,12H2,1-2H3,(H,21,22). The summed E-state index contributed by atoms with van der Waals surface area (Å²) in [5, 5.41) is 3.15. The Bertz CT molecular complexity index is 988. The average Bonchev–Trinajstić information content (AvgIpc) is 2.61. The van der Waals surface area contributed by atoms with Crippen LogP contribution in [-0.4, -0.2) is 18.4 Å². The van der Waals surface area contributed by atoms with Crippen LogP contribution < -0.4 is 10.0 Å².